The van der Waals surface area contributed by atoms with Crippen LogP contribution in [0.25, 0.3) is 21.9 Å². The first-order chi connectivity index (χ1) is 32.0. The monoisotopic (exact) mass is 1030 g/mol. The number of anilines is 5. The number of benzene rings is 5. The van der Waals surface area contributed by atoms with Crippen molar-refractivity contribution >= 4 is 132 Å². The van der Waals surface area contributed by atoms with E-state index in [4.69, 9.17) is 23.2 Å². The number of carbonyl (C=O) groups is 1. The summed E-state index contributed by atoms with van der Waals surface area (Å²) in [4.78, 5) is 14.6. The fourth-order valence-electron chi connectivity index (χ4n) is 6.60. The maximum Gasteiger partial charge on any atom is 0.296 e. The quantitative estimate of drug-likeness (QED) is 0.0462. The maximum absolute atomic E-state index is 12.5. The Kier molecular flexibility index (Phi) is 13.7. The van der Waals surface area contributed by atoms with Gasteiger partial charge in [-0.15, -0.1) is 20.5 Å². The van der Waals surface area contributed by atoms with Crippen LogP contribution in [0.15, 0.2) is 132 Å². The zero-order chi connectivity index (χ0) is 49.3. The highest BCUT2D eigenvalue weighted by molar-refractivity contribution is 7.86. The van der Waals surface area contributed by atoms with Gasteiger partial charge in [-0.2, -0.15) is 35.8 Å². The molecule has 5 aromatic carbocycles. The van der Waals surface area contributed by atoms with Gasteiger partial charge in [-0.25, -0.2) is 4.98 Å². The number of hydrogen-bond donors (Lipinski definition) is 6. The summed E-state index contributed by atoms with van der Waals surface area (Å²) in [5, 5.41) is 46.6. The topological polar surface area (TPSA) is 326 Å². The molecule has 0 saturated carbocycles. The second-order valence-electron chi connectivity index (χ2n) is 14.1. The Hall–Kier alpha value is -7.23. The van der Waals surface area contributed by atoms with Crippen LogP contribution in [0.3, 0.4) is 0 Å². The third-order valence-corrected chi connectivity index (χ3v) is 13.9. The van der Waals surface area contributed by atoms with Crippen LogP contribution in [0.5, 0.6) is 0 Å². The Labute approximate surface area is 400 Å². The smallest absolute Gasteiger partial charge is 0.296 e. The molecule has 6 N–H and O–H groups in total. The molecule has 68 heavy (non-hydrogen) atoms. The number of pyridine rings is 1. The normalized spacial score (nSPS) is 12.0. The third kappa shape index (κ3) is 10.6. The number of hydrogen-bond acceptors (Lipinski definition) is 17. The van der Waals surface area contributed by atoms with Gasteiger partial charge in [0.1, 0.15) is 43.1 Å². The third-order valence-electron chi connectivity index (χ3n) is 9.52. The maximum atomic E-state index is 12.5. The highest BCUT2D eigenvalue weighted by Gasteiger charge is 2.25. The van der Waals surface area contributed by atoms with E-state index in [1.807, 2.05) is 6.07 Å². The van der Waals surface area contributed by atoms with Gasteiger partial charge < -0.3 is 16.0 Å². The van der Waals surface area contributed by atoms with Crippen molar-refractivity contribution in [3.63, 3.8) is 0 Å². The number of halogens is 2. The standard InChI is InChI=1S/C42H28Cl2N10O10S4/c1-21-31(19-45)39(49-27-13-14-33(44)36(17-27)68(62,63)64)50-40(48-25-11-9-24(43)10-12-25)38(21)52-53-41-32(20-46)37(23-5-3-6-26(15-23)47-22(2)55)42(65-41)54-51-28-16-30-29(35(18-28)67(59,60)61)7-4-8-34(30)66(56,57)58/h3-18H,1-2H3,(H,47,55)(H2,48,49,50)(H,56,57,58)(H,59,60,61)(H,62,63,64). The molecule has 20 nitrogen and oxygen atoms in total. The van der Waals surface area contributed by atoms with Crippen molar-refractivity contribution in [2.45, 2.75) is 28.5 Å². The van der Waals surface area contributed by atoms with Crippen molar-refractivity contribution in [2.75, 3.05) is 16.0 Å². The Bertz CT molecular complexity index is 3740. The molecule has 2 heterocycles. The molecule has 0 aliphatic carbocycles. The van der Waals surface area contributed by atoms with Gasteiger partial charge in [-0.05, 0) is 85.3 Å². The molecule has 7 aromatic rings. The first kappa shape index (κ1) is 48.7. The summed E-state index contributed by atoms with van der Waals surface area (Å²) in [6.45, 7) is 2.81. The van der Waals surface area contributed by atoms with Gasteiger partial charge in [0.2, 0.25) is 5.91 Å². The molecule has 0 unspecified atom stereocenters. The number of carbonyl (C=O) groups excluding carboxylic acids is 1. The molecule has 2 aromatic heterocycles. The van der Waals surface area contributed by atoms with Crippen molar-refractivity contribution in [3.05, 3.63) is 124 Å². The molecule has 344 valence electrons. The molecular weight excluding hydrogens is 1000 g/mol. The molecule has 0 aliphatic heterocycles. The van der Waals surface area contributed by atoms with Crippen LogP contribution >= 0.6 is 34.5 Å². The van der Waals surface area contributed by atoms with Gasteiger partial charge in [-0.3, -0.25) is 18.5 Å². The van der Waals surface area contributed by atoms with E-state index in [2.05, 4.69) is 47.5 Å². The number of thiophene rings is 1. The number of fused-ring (bicyclic) bond motifs is 1. The summed E-state index contributed by atoms with van der Waals surface area (Å²) >= 11 is 12.9. The van der Waals surface area contributed by atoms with Gasteiger partial charge in [0, 0.05) is 50.9 Å². The summed E-state index contributed by atoms with van der Waals surface area (Å²) in [5.74, 6) is -0.498. The number of azo groups is 2. The van der Waals surface area contributed by atoms with E-state index in [0.29, 0.717) is 22.0 Å². The van der Waals surface area contributed by atoms with Crippen LogP contribution < -0.4 is 16.0 Å². The van der Waals surface area contributed by atoms with E-state index >= 15 is 0 Å². The van der Waals surface area contributed by atoms with Crippen molar-refractivity contribution in [1.82, 2.24) is 4.98 Å². The number of nitrogens with zero attached hydrogens (tertiary/aromatic N) is 7. The molecule has 0 atom stereocenters. The second-order valence-corrected chi connectivity index (χ2v) is 20.1. The summed E-state index contributed by atoms with van der Waals surface area (Å²) in [5.41, 5.74) is 0.919. The molecule has 26 heteroatoms. The number of nitriles is 2. The summed E-state index contributed by atoms with van der Waals surface area (Å²) < 4.78 is 104. The number of rotatable bonds is 13. The van der Waals surface area contributed by atoms with Gasteiger partial charge in [-0.1, -0.05) is 58.8 Å². The van der Waals surface area contributed by atoms with E-state index in [1.54, 1.807) is 42.5 Å². The molecule has 0 saturated heterocycles. The van der Waals surface area contributed by atoms with Gasteiger partial charge >= 0.3 is 0 Å². The average molecular weight is 1030 g/mol. The fourth-order valence-corrected chi connectivity index (χ4v) is 10.1. The number of nitrogens with one attached hydrogen (secondary N) is 3. The Morgan fingerprint density at radius 2 is 1.29 bits per heavy atom. The molecular formula is C42H28Cl2N10O10S4. The molecule has 7 rings (SSSR count). The summed E-state index contributed by atoms with van der Waals surface area (Å²) in [7, 11) is -14.7. The van der Waals surface area contributed by atoms with E-state index in [1.165, 1.54) is 44.2 Å². The van der Waals surface area contributed by atoms with E-state index in [9.17, 15) is 54.2 Å². The zero-order valence-corrected chi connectivity index (χ0v) is 39.2. The summed E-state index contributed by atoms with van der Waals surface area (Å²) in [6, 6.07) is 25.9. The number of amides is 1. The van der Waals surface area contributed by atoms with E-state index in [0.717, 1.165) is 35.6 Å². The summed E-state index contributed by atoms with van der Waals surface area (Å²) in [6.07, 6.45) is 0. The van der Waals surface area contributed by atoms with Crippen LogP contribution in [-0.2, 0) is 35.1 Å². The molecule has 0 fully saturated rings. The molecule has 0 radical (unpaired) electrons. The highest BCUT2D eigenvalue weighted by atomic mass is 35.5. The van der Waals surface area contributed by atoms with Crippen LogP contribution in [0.4, 0.5) is 50.1 Å². The fraction of sp³-hybridized carbons (Fsp3) is 0.0476. The van der Waals surface area contributed by atoms with Crippen LogP contribution in [0.2, 0.25) is 10.0 Å². The van der Waals surface area contributed by atoms with Crippen molar-refractivity contribution in [2.24, 2.45) is 20.5 Å². The molecule has 1 amide bonds. The zero-order valence-electron chi connectivity index (χ0n) is 34.5. The lowest BCUT2D eigenvalue weighted by Gasteiger charge is -2.16. The van der Waals surface area contributed by atoms with Crippen LogP contribution in [-0.4, -0.2) is 49.8 Å². The SMILES string of the molecule is CC(=O)Nc1cccc(-c2c(N=Nc3cc(S(=O)(=O)O)c4cccc(S(=O)(=O)O)c4c3)sc(N=Nc3c(Nc4ccc(Cl)cc4)nc(Nc4ccc(Cl)c(S(=O)(=O)O)c4)c(C#N)c3C)c2C#N)c1. The second kappa shape index (κ2) is 19.2. The molecule has 0 aliphatic rings. The van der Waals surface area contributed by atoms with Crippen LogP contribution in [0.1, 0.15) is 23.6 Å². The lowest BCUT2D eigenvalue weighted by Crippen LogP contribution is -2.05. The van der Waals surface area contributed by atoms with E-state index < -0.39 is 50.9 Å². The Morgan fingerprint density at radius 1 is 0.662 bits per heavy atom. The highest BCUT2D eigenvalue weighted by Crippen LogP contribution is 2.49. The van der Waals surface area contributed by atoms with Crippen molar-refractivity contribution in [3.8, 4) is 23.3 Å². The first-order valence-electron chi connectivity index (χ1n) is 18.9. The van der Waals surface area contributed by atoms with Crippen molar-refractivity contribution in [1.29, 1.82) is 10.5 Å². The van der Waals surface area contributed by atoms with Gasteiger partial charge in [0.25, 0.3) is 30.4 Å². The first-order valence-corrected chi connectivity index (χ1v) is 24.8. The molecule has 0 spiro atoms. The minimum atomic E-state index is -5.02. The van der Waals surface area contributed by atoms with E-state index in [-0.39, 0.29) is 76.7 Å². The van der Waals surface area contributed by atoms with Gasteiger partial charge in [0.05, 0.1) is 16.3 Å². The van der Waals surface area contributed by atoms with Crippen molar-refractivity contribution < 1.29 is 43.7 Å². The minimum absolute atomic E-state index is 0.00699. The molecule has 0 bridgehead atoms. The van der Waals surface area contributed by atoms with Gasteiger partial charge in [0.15, 0.2) is 16.6 Å². The average Bonchev–Trinajstić information content (AvgIpc) is 3.62. The van der Waals surface area contributed by atoms with Crippen LogP contribution in [0, 0.1) is 29.6 Å². The lowest BCUT2D eigenvalue weighted by molar-refractivity contribution is -0.114. The largest absolute Gasteiger partial charge is 0.339 e. The minimum Gasteiger partial charge on any atom is -0.339 e. The predicted molar refractivity (Wildman–Crippen MR) is 254 cm³/mol. The number of aromatic nitrogens is 1. The lowest BCUT2D eigenvalue weighted by atomic mass is 10.0. The predicted octanol–water partition coefficient (Wildman–Crippen LogP) is 11.3. The Morgan fingerprint density at radius 3 is 1.94 bits per heavy atom. The Balaban J connectivity index is 1.42.